The first-order valence-corrected chi connectivity index (χ1v) is 8.70. The minimum atomic E-state index is -0.387. The zero-order valence-electron chi connectivity index (χ0n) is 14.3. The van der Waals surface area contributed by atoms with Gasteiger partial charge in [-0.15, -0.1) is 0 Å². The number of anilines is 1. The smallest absolute Gasteiger partial charge is 0.414 e. The monoisotopic (exact) mass is 351 g/mol. The zero-order chi connectivity index (χ0) is 17.7. The van der Waals surface area contributed by atoms with Gasteiger partial charge < -0.3 is 9.26 Å². The van der Waals surface area contributed by atoms with Crippen molar-refractivity contribution in [3.63, 3.8) is 0 Å². The number of benzene rings is 1. The number of hydrogen-bond donors (Lipinski definition) is 0. The summed E-state index contributed by atoms with van der Waals surface area (Å²) >= 11 is 0. The Bertz CT molecular complexity index is 988. The van der Waals surface area contributed by atoms with E-state index in [4.69, 9.17) is 9.26 Å². The number of carbonyl (C=O) groups excluding carboxylic acids is 1. The van der Waals surface area contributed by atoms with E-state index in [1.165, 1.54) is 0 Å². The van der Waals surface area contributed by atoms with E-state index in [0.29, 0.717) is 30.7 Å². The van der Waals surface area contributed by atoms with E-state index >= 15 is 0 Å². The van der Waals surface area contributed by atoms with Gasteiger partial charge in [0.2, 0.25) is 0 Å². The normalized spacial score (nSPS) is 15.5. The summed E-state index contributed by atoms with van der Waals surface area (Å²) in [5.41, 5.74) is 3.07. The molecular formula is C18H17N5O3. The van der Waals surface area contributed by atoms with Crippen LogP contribution in [0.4, 0.5) is 10.5 Å². The molecule has 8 heteroatoms. The van der Waals surface area contributed by atoms with Gasteiger partial charge in [0.25, 0.3) is 5.89 Å². The molecule has 0 N–H and O–H groups in total. The second-order valence-corrected chi connectivity index (χ2v) is 6.42. The summed E-state index contributed by atoms with van der Waals surface area (Å²) in [6.45, 7) is 2.44. The minimum absolute atomic E-state index is 0.317. The summed E-state index contributed by atoms with van der Waals surface area (Å²) < 4.78 is 12.6. The largest absolute Gasteiger partial charge is 0.449 e. The van der Waals surface area contributed by atoms with Crippen LogP contribution in [-0.2, 0) is 11.3 Å². The van der Waals surface area contributed by atoms with Crippen molar-refractivity contribution in [3.05, 3.63) is 42.1 Å². The highest BCUT2D eigenvalue weighted by Crippen LogP contribution is 2.40. The molecule has 2 aromatic heterocycles. The topological polar surface area (TPSA) is 86.3 Å². The van der Waals surface area contributed by atoms with Gasteiger partial charge >= 0.3 is 6.09 Å². The second-order valence-electron chi connectivity index (χ2n) is 6.42. The molecule has 8 nitrogen and oxygen atoms in total. The summed E-state index contributed by atoms with van der Waals surface area (Å²) in [4.78, 5) is 23.1. The molecule has 3 heterocycles. The van der Waals surface area contributed by atoms with Gasteiger partial charge in [0.15, 0.2) is 11.5 Å². The van der Waals surface area contributed by atoms with Crippen LogP contribution in [0.2, 0.25) is 0 Å². The van der Waals surface area contributed by atoms with Gasteiger partial charge in [0, 0.05) is 5.92 Å². The number of imidazole rings is 1. The van der Waals surface area contributed by atoms with Crippen LogP contribution in [0.5, 0.6) is 0 Å². The lowest BCUT2D eigenvalue weighted by atomic mass is 10.1. The SMILES string of the molecule is CCOC(=O)N1Cc2c(-c3nc(C4CC4)no3)ncn2-c2ccccc21. The van der Waals surface area contributed by atoms with Gasteiger partial charge in [-0.05, 0) is 31.9 Å². The Morgan fingerprint density at radius 3 is 2.88 bits per heavy atom. The molecule has 2 aliphatic rings. The van der Waals surface area contributed by atoms with Gasteiger partial charge in [-0.1, -0.05) is 17.3 Å². The third-order valence-corrected chi connectivity index (χ3v) is 4.68. The second kappa shape index (κ2) is 5.69. The molecular weight excluding hydrogens is 334 g/mol. The third kappa shape index (κ3) is 2.29. The fourth-order valence-electron chi connectivity index (χ4n) is 3.24. The van der Waals surface area contributed by atoms with Gasteiger partial charge in [0.05, 0.1) is 30.2 Å². The highest BCUT2D eigenvalue weighted by atomic mass is 16.6. The first-order chi connectivity index (χ1) is 12.8. The molecule has 0 spiro atoms. The summed E-state index contributed by atoms with van der Waals surface area (Å²) in [6, 6.07) is 7.66. The first kappa shape index (κ1) is 15.1. The average Bonchev–Trinajstić information content (AvgIpc) is 3.24. The summed E-state index contributed by atoms with van der Waals surface area (Å²) in [5, 5.41) is 4.07. The molecule has 5 rings (SSSR count). The third-order valence-electron chi connectivity index (χ3n) is 4.68. The van der Waals surface area contributed by atoms with Crippen molar-refractivity contribution < 1.29 is 14.1 Å². The molecule has 0 saturated heterocycles. The van der Waals surface area contributed by atoms with E-state index in [2.05, 4.69) is 15.1 Å². The Hall–Kier alpha value is -3.16. The molecule has 1 amide bonds. The number of para-hydroxylation sites is 2. The lowest BCUT2D eigenvalue weighted by Crippen LogP contribution is -2.35. The Morgan fingerprint density at radius 1 is 1.31 bits per heavy atom. The number of fused-ring (bicyclic) bond motifs is 3. The van der Waals surface area contributed by atoms with Crippen LogP contribution in [0, 0.1) is 0 Å². The highest BCUT2D eigenvalue weighted by Gasteiger charge is 2.33. The quantitative estimate of drug-likeness (QED) is 0.720. The van der Waals surface area contributed by atoms with Crippen LogP contribution in [0.25, 0.3) is 17.3 Å². The fourth-order valence-corrected chi connectivity index (χ4v) is 3.24. The van der Waals surface area contributed by atoms with Crippen LogP contribution >= 0.6 is 0 Å². The standard InChI is InChI=1S/C18H17N5O3/c1-2-25-18(24)22-9-14-15(17-20-16(21-26-17)11-7-8-11)19-10-23(14)13-6-4-3-5-12(13)22/h3-6,10-11H,2,7-9H2,1H3. The maximum absolute atomic E-state index is 12.5. The zero-order valence-corrected chi connectivity index (χ0v) is 14.3. The van der Waals surface area contributed by atoms with Crippen molar-refractivity contribution in [3.8, 4) is 17.3 Å². The Labute approximate surface area is 149 Å². The fraction of sp³-hybridized carbons (Fsp3) is 0.333. The Morgan fingerprint density at radius 2 is 2.12 bits per heavy atom. The summed E-state index contributed by atoms with van der Waals surface area (Å²) in [5.74, 6) is 1.53. The molecule has 1 aliphatic carbocycles. The number of amides is 1. The van der Waals surface area contributed by atoms with Crippen molar-refractivity contribution in [2.45, 2.75) is 32.2 Å². The van der Waals surface area contributed by atoms with E-state index in [1.807, 2.05) is 28.8 Å². The van der Waals surface area contributed by atoms with Crippen LogP contribution in [-0.4, -0.2) is 32.4 Å². The highest BCUT2D eigenvalue weighted by molar-refractivity contribution is 5.91. The maximum atomic E-state index is 12.5. The van der Waals surface area contributed by atoms with Crippen LogP contribution < -0.4 is 4.90 Å². The van der Waals surface area contributed by atoms with E-state index in [-0.39, 0.29) is 6.09 Å². The van der Waals surface area contributed by atoms with E-state index in [1.54, 1.807) is 18.2 Å². The van der Waals surface area contributed by atoms with Crippen LogP contribution in [0.1, 0.15) is 37.2 Å². The van der Waals surface area contributed by atoms with Crippen molar-refractivity contribution in [2.75, 3.05) is 11.5 Å². The molecule has 3 aromatic rings. The van der Waals surface area contributed by atoms with E-state index < -0.39 is 0 Å². The van der Waals surface area contributed by atoms with Gasteiger partial charge in [-0.25, -0.2) is 9.78 Å². The number of rotatable bonds is 3. The first-order valence-electron chi connectivity index (χ1n) is 8.70. The lowest BCUT2D eigenvalue weighted by molar-refractivity contribution is 0.159. The molecule has 0 atom stereocenters. The molecule has 0 unspecified atom stereocenters. The number of nitrogens with zero attached hydrogens (tertiary/aromatic N) is 5. The number of hydrogen-bond acceptors (Lipinski definition) is 6. The number of ether oxygens (including phenoxy) is 1. The predicted octanol–water partition coefficient (Wildman–Crippen LogP) is 3.28. The molecule has 1 aliphatic heterocycles. The van der Waals surface area contributed by atoms with Crippen molar-refractivity contribution in [1.82, 2.24) is 19.7 Å². The number of carbonyl (C=O) groups is 1. The van der Waals surface area contributed by atoms with Gasteiger partial charge in [-0.2, -0.15) is 4.98 Å². The molecule has 1 saturated carbocycles. The average molecular weight is 351 g/mol. The molecule has 1 fully saturated rings. The minimum Gasteiger partial charge on any atom is -0.449 e. The Balaban J connectivity index is 1.60. The molecule has 0 radical (unpaired) electrons. The van der Waals surface area contributed by atoms with E-state index in [0.717, 1.165) is 35.7 Å². The van der Waals surface area contributed by atoms with Crippen molar-refractivity contribution in [2.24, 2.45) is 0 Å². The Kier molecular flexibility index (Phi) is 3.31. The maximum Gasteiger partial charge on any atom is 0.414 e. The summed E-state index contributed by atoms with van der Waals surface area (Å²) in [6.07, 6.45) is 3.55. The lowest BCUT2D eigenvalue weighted by Gasteiger charge is -2.29. The van der Waals surface area contributed by atoms with Crippen LogP contribution in [0.3, 0.4) is 0 Å². The molecule has 1 aromatic carbocycles. The molecule has 132 valence electrons. The van der Waals surface area contributed by atoms with Crippen molar-refractivity contribution in [1.29, 1.82) is 0 Å². The number of aromatic nitrogens is 4. The molecule has 26 heavy (non-hydrogen) atoms. The van der Waals surface area contributed by atoms with Crippen LogP contribution in [0.15, 0.2) is 35.1 Å². The molecule has 0 bridgehead atoms. The predicted molar refractivity (Wildman–Crippen MR) is 92.0 cm³/mol. The van der Waals surface area contributed by atoms with Gasteiger partial charge in [-0.3, -0.25) is 9.47 Å². The van der Waals surface area contributed by atoms with Gasteiger partial charge in [0.1, 0.15) is 6.33 Å². The van der Waals surface area contributed by atoms with Crippen molar-refractivity contribution >= 4 is 11.8 Å². The summed E-state index contributed by atoms with van der Waals surface area (Å²) in [7, 11) is 0. The van der Waals surface area contributed by atoms with E-state index in [9.17, 15) is 4.79 Å².